The fraction of sp³-hybridized carbons (Fsp3) is 0.692. The van der Waals surface area contributed by atoms with Crippen molar-refractivity contribution >= 4 is 11.7 Å². The number of nitrogens with zero attached hydrogens (tertiary/aromatic N) is 1. The number of hydrogen-bond donors (Lipinski definition) is 1. The number of carbonyl (C=O) groups is 2. The number of likely N-dealkylation sites (tertiary alicyclic amines) is 1. The Labute approximate surface area is 103 Å². The first-order chi connectivity index (χ1) is 8.06. The van der Waals surface area contributed by atoms with Crippen molar-refractivity contribution in [1.82, 2.24) is 10.2 Å². The molecular formula is C13H22N2O2. The fourth-order valence-electron chi connectivity index (χ4n) is 2.39. The first-order valence-electron chi connectivity index (χ1n) is 6.20. The minimum Gasteiger partial charge on any atom is -0.351 e. The lowest BCUT2D eigenvalue weighted by Crippen LogP contribution is -2.47. The van der Waals surface area contributed by atoms with E-state index in [1.54, 1.807) is 13.0 Å². The Bertz CT molecular complexity index is 302. The van der Waals surface area contributed by atoms with Crippen LogP contribution in [0.5, 0.6) is 0 Å². The number of carbonyl (C=O) groups excluding carboxylic acids is 2. The highest BCUT2D eigenvalue weighted by Crippen LogP contribution is 2.22. The van der Waals surface area contributed by atoms with Gasteiger partial charge in [0.1, 0.15) is 5.78 Å². The van der Waals surface area contributed by atoms with Gasteiger partial charge < -0.3 is 5.32 Å². The van der Waals surface area contributed by atoms with Gasteiger partial charge in [0.25, 0.3) is 0 Å². The third-order valence-electron chi connectivity index (χ3n) is 3.24. The van der Waals surface area contributed by atoms with Gasteiger partial charge in [-0.15, -0.1) is 6.58 Å². The van der Waals surface area contributed by atoms with Crippen molar-refractivity contribution in [1.29, 1.82) is 0 Å². The number of amides is 1. The number of rotatable bonds is 6. The molecule has 0 spiro atoms. The molecule has 2 unspecified atom stereocenters. The van der Waals surface area contributed by atoms with E-state index in [0.29, 0.717) is 13.0 Å². The van der Waals surface area contributed by atoms with Crippen molar-refractivity contribution in [2.75, 3.05) is 13.1 Å². The van der Waals surface area contributed by atoms with Gasteiger partial charge in [-0.3, -0.25) is 14.5 Å². The Balaban J connectivity index is 2.54. The Morgan fingerprint density at radius 2 is 2.29 bits per heavy atom. The molecule has 1 rings (SSSR count). The summed E-state index contributed by atoms with van der Waals surface area (Å²) in [6.07, 6.45) is 4.30. The van der Waals surface area contributed by atoms with E-state index in [-0.39, 0.29) is 23.8 Å². The molecule has 17 heavy (non-hydrogen) atoms. The van der Waals surface area contributed by atoms with Gasteiger partial charge in [0.2, 0.25) is 5.91 Å². The van der Waals surface area contributed by atoms with Crippen LogP contribution < -0.4 is 5.32 Å². The quantitative estimate of drug-likeness (QED) is 0.705. The van der Waals surface area contributed by atoms with Crippen molar-refractivity contribution in [3.63, 3.8) is 0 Å². The van der Waals surface area contributed by atoms with E-state index in [4.69, 9.17) is 0 Å². The average molecular weight is 238 g/mol. The summed E-state index contributed by atoms with van der Waals surface area (Å²) < 4.78 is 0. The van der Waals surface area contributed by atoms with Gasteiger partial charge in [0.05, 0.1) is 6.04 Å². The fourth-order valence-corrected chi connectivity index (χ4v) is 2.39. The lowest BCUT2D eigenvalue weighted by molar-refractivity contribution is -0.127. The van der Waals surface area contributed by atoms with Crippen LogP contribution in [0.3, 0.4) is 0 Å². The molecule has 1 amide bonds. The molecule has 2 atom stereocenters. The number of Topliss-reactive ketones (excluding diaryl/α,β-unsaturated/α-hetero) is 1. The van der Waals surface area contributed by atoms with Crippen molar-refractivity contribution in [3.8, 4) is 0 Å². The molecular weight excluding hydrogens is 216 g/mol. The maximum Gasteiger partial charge on any atom is 0.237 e. The minimum absolute atomic E-state index is 0.0142. The second-order valence-corrected chi connectivity index (χ2v) is 4.65. The standard InChI is InChI=1S/C13H22N2O2/c1-4-7-14-13(17)11(3)15-8-5-6-12(15)9-10(2)16/h4,11-12H,1,5-9H2,2-3H3,(H,14,17). The second kappa shape index (κ2) is 6.55. The van der Waals surface area contributed by atoms with Crippen LogP contribution in [0, 0.1) is 0 Å². The molecule has 1 aliphatic heterocycles. The topological polar surface area (TPSA) is 49.4 Å². The lowest BCUT2D eigenvalue weighted by atomic mass is 10.1. The van der Waals surface area contributed by atoms with Gasteiger partial charge in [-0.1, -0.05) is 6.08 Å². The van der Waals surface area contributed by atoms with Crippen molar-refractivity contribution in [2.45, 2.75) is 45.2 Å². The zero-order valence-electron chi connectivity index (χ0n) is 10.7. The largest absolute Gasteiger partial charge is 0.351 e. The zero-order chi connectivity index (χ0) is 12.8. The molecule has 4 heteroatoms. The highest BCUT2D eigenvalue weighted by molar-refractivity contribution is 5.81. The van der Waals surface area contributed by atoms with Crippen molar-refractivity contribution < 1.29 is 9.59 Å². The predicted molar refractivity (Wildman–Crippen MR) is 67.7 cm³/mol. The summed E-state index contributed by atoms with van der Waals surface area (Å²) in [5, 5.41) is 2.80. The van der Waals surface area contributed by atoms with E-state index >= 15 is 0 Å². The van der Waals surface area contributed by atoms with Crippen LogP contribution in [0.2, 0.25) is 0 Å². The molecule has 96 valence electrons. The molecule has 4 nitrogen and oxygen atoms in total. The van der Waals surface area contributed by atoms with Crippen LogP contribution in [0.15, 0.2) is 12.7 Å². The molecule has 0 aliphatic carbocycles. The van der Waals surface area contributed by atoms with E-state index in [1.807, 2.05) is 6.92 Å². The molecule has 1 aliphatic rings. The molecule has 0 aromatic carbocycles. The third-order valence-corrected chi connectivity index (χ3v) is 3.24. The predicted octanol–water partition coefficient (Wildman–Crippen LogP) is 1.12. The number of hydrogen-bond acceptors (Lipinski definition) is 3. The molecule has 0 radical (unpaired) electrons. The molecule has 0 aromatic rings. The van der Waals surface area contributed by atoms with Gasteiger partial charge in [-0.25, -0.2) is 0 Å². The van der Waals surface area contributed by atoms with E-state index in [1.165, 1.54) is 0 Å². The Hall–Kier alpha value is -1.16. The van der Waals surface area contributed by atoms with Crippen molar-refractivity contribution in [2.24, 2.45) is 0 Å². The van der Waals surface area contributed by atoms with E-state index in [9.17, 15) is 9.59 Å². The normalized spacial score (nSPS) is 22.1. The smallest absolute Gasteiger partial charge is 0.237 e. The van der Waals surface area contributed by atoms with Crippen LogP contribution in [-0.2, 0) is 9.59 Å². The average Bonchev–Trinajstić information content (AvgIpc) is 2.71. The van der Waals surface area contributed by atoms with Gasteiger partial charge >= 0.3 is 0 Å². The summed E-state index contributed by atoms with van der Waals surface area (Å²) >= 11 is 0. The Morgan fingerprint density at radius 3 is 2.88 bits per heavy atom. The van der Waals surface area contributed by atoms with E-state index in [2.05, 4.69) is 16.8 Å². The maximum atomic E-state index is 11.8. The first kappa shape index (κ1) is 13.9. The van der Waals surface area contributed by atoms with Gasteiger partial charge in [0, 0.05) is 19.0 Å². The van der Waals surface area contributed by atoms with Crippen LogP contribution in [-0.4, -0.2) is 41.8 Å². The Kier molecular flexibility index (Phi) is 5.35. The van der Waals surface area contributed by atoms with E-state index in [0.717, 1.165) is 19.4 Å². The van der Waals surface area contributed by atoms with E-state index < -0.39 is 0 Å². The number of nitrogens with one attached hydrogen (secondary N) is 1. The first-order valence-corrected chi connectivity index (χ1v) is 6.20. The maximum absolute atomic E-state index is 11.8. The third kappa shape index (κ3) is 3.97. The highest BCUT2D eigenvalue weighted by atomic mass is 16.2. The summed E-state index contributed by atoms with van der Waals surface area (Å²) in [5.41, 5.74) is 0. The Morgan fingerprint density at radius 1 is 1.59 bits per heavy atom. The highest BCUT2D eigenvalue weighted by Gasteiger charge is 2.32. The summed E-state index contributed by atoms with van der Waals surface area (Å²) in [7, 11) is 0. The van der Waals surface area contributed by atoms with Gasteiger partial charge in [-0.2, -0.15) is 0 Å². The van der Waals surface area contributed by atoms with Crippen LogP contribution >= 0.6 is 0 Å². The minimum atomic E-state index is -0.165. The number of ketones is 1. The second-order valence-electron chi connectivity index (χ2n) is 4.65. The summed E-state index contributed by atoms with van der Waals surface area (Å²) in [6.45, 7) is 8.48. The molecule has 1 N–H and O–H groups in total. The zero-order valence-corrected chi connectivity index (χ0v) is 10.7. The molecule has 1 fully saturated rings. The molecule has 0 saturated carbocycles. The summed E-state index contributed by atoms with van der Waals surface area (Å²) in [5.74, 6) is 0.209. The molecule has 1 saturated heterocycles. The lowest BCUT2D eigenvalue weighted by Gasteiger charge is -2.29. The summed E-state index contributed by atoms with van der Waals surface area (Å²) in [6, 6.07) is 0.0683. The van der Waals surface area contributed by atoms with Gasteiger partial charge in [-0.05, 0) is 33.2 Å². The van der Waals surface area contributed by atoms with Crippen LogP contribution in [0.1, 0.15) is 33.1 Å². The molecule has 1 heterocycles. The molecule has 0 aromatic heterocycles. The SMILES string of the molecule is C=CCNC(=O)C(C)N1CCCC1CC(C)=O. The summed E-state index contributed by atoms with van der Waals surface area (Å²) in [4.78, 5) is 25.1. The van der Waals surface area contributed by atoms with Crippen molar-refractivity contribution in [3.05, 3.63) is 12.7 Å². The van der Waals surface area contributed by atoms with Gasteiger partial charge in [0.15, 0.2) is 0 Å². The van der Waals surface area contributed by atoms with Crippen LogP contribution in [0.4, 0.5) is 0 Å². The van der Waals surface area contributed by atoms with Crippen LogP contribution in [0.25, 0.3) is 0 Å². The monoisotopic (exact) mass is 238 g/mol. The molecule has 0 bridgehead atoms.